The van der Waals surface area contributed by atoms with Gasteiger partial charge in [0.1, 0.15) is 24.4 Å². The van der Waals surface area contributed by atoms with Crippen LogP contribution in [-0.2, 0) is 9.47 Å². The standard InChI is InChI=1S/2C9H12FN3O4/c2*1-3-5(14)6(15)8(17-3)13-2-4(10)7(11)12-9(13)16/h2*2-3,5-6,8,14-15H,1H3,(H2,11,12,16)/t2*3-,5-,6-,8-/m11/s1. The second kappa shape index (κ2) is 9.69. The largest absolute Gasteiger partial charge is 0.388 e. The fourth-order valence-electron chi connectivity index (χ4n) is 3.39. The summed E-state index contributed by atoms with van der Waals surface area (Å²) in [7, 11) is 0. The molecule has 2 aliphatic heterocycles. The second-order valence-corrected chi connectivity index (χ2v) is 7.75. The first-order chi connectivity index (χ1) is 15.8. The van der Waals surface area contributed by atoms with Crippen LogP contribution in [0.2, 0.25) is 0 Å². The monoisotopic (exact) mass is 490 g/mol. The number of nitrogens with two attached hydrogens (primary N) is 2. The molecule has 0 bridgehead atoms. The van der Waals surface area contributed by atoms with E-state index in [1.165, 1.54) is 13.8 Å². The molecule has 2 aliphatic rings. The number of anilines is 2. The average Bonchev–Trinajstić information content (AvgIpc) is 3.18. The lowest BCUT2D eigenvalue weighted by Gasteiger charge is -2.17. The van der Waals surface area contributed by atoms with Crippen molar-refractivity contribution in [3.63, 3.8) is 0 Å². The van der Waals surface area contributed by atoms with E-state index in [1.54, 1.807) is 0 Å². The van der Waals surface area contributed by atoms with Crippen molar-refractivity contribution in [1.29, 1.82) is 0 Å². The van der Waals surface area contributed by atoms with Gasteiger partial charge in [-0.25, -0.2) is 18.4 Å². The Hall–Kier alpha value is -3.02. The van der Waals surface area contributed by atoms with E-state index in [-0.39, 0.29) is 0 Å². The quantitative estimate of drug-likeness (QED) is 0.251. The molecule has 2 fully saturated rings. The minimum absolute atomic E-state index is 0.521. The lowest BCUT2D eigenvalue weighted by Crippen LogP contribution is -2.35. The maximum atomic E-state index is 13.2. The molecule has 16 heteroatoms. The molecule has 2 saturated heterocycles. The van der Waals surface area contributed by atoms with E-state index in [2.05, 4.69) is 9.97 Å². The number of ether oxygens (including phenoxy) is 2. The molecule has 8 atom stereocenters. The van der Waals surface area contributed by atoms with Gasteiger partial charge in [0.15, 0.2) is 35.7 Å². The first-order valence-electron chi connectivity index (χ1n) is 9.95. The second-order valence-electron chi connectivity index (χ2n) is 7.75. The van der Waals surface area contributed by atoms with Crippen LogP contribution >= 0.6 is 0 Å². The summed E-state index contributed by atoms with van der Waals surface area (Å²) in [4.78, 5) is 29.4. The summed E-state index contributed by atoms with van der Waals surface area (Å²) < 4.78 is 38.2. The topological polar surface area (TPSA) is 221 Å². The summed E-state index contributed by atoms with van der Waals surface area (Å²) in [6, 6.07) is 0. The van der Waals surface area contributed by atoms with Crippen molar-refractivity contribution in [2.45, 2.75) is 62.9 Å². The fourth-order valence-corrected chi connectivity index (χ4v) is 3.39. The Kier molecular flexibility index (Phi) is 7.29. The van der Waals surface area contributed by atoms with Crippen LogP contribution in [0.4, 0.5) is 20.4 Å². The highest BCUT2D eigenvalue weighted by molar-refractivity contribution is 5.27. The number of aromatic nitrogens is 4. The maximum Gasteiger partial charge on any atom is 0.351 e. The molecular weight excluding hydrogens is 466 g/mol. The van der Waals surface area contributed by atoms with Gasteiger partial charge in [-0.3, -0.25) is 9.13 Å². The maximum absolute atomic E-state index is 13.2. The van der Waals surface area contributed by atoms with Crippen molar-refractivity contribution < 1.29 is 38.7 Å². The molecule has 0 amide bonds. The van der Waals surface area contributed by atoms with Crippen molar-refractivity contribution >= 4 is 11.6 Å². The van der Waals surface area contributed by atoms with Gasteiger partial charge in [-0.1, -0.05) is 0 Å². The average molecular weight is 490 g/mol. The molecule has 188 valence electrons. The molecule has 2 aromatic rings. The Balaban J connectivity index is 0.000000191. The van der Waals surface area contributed by atoms with Crippen molar-refractivity contribution in [3.05, 3.63) is 45.0 Å². The van der Waals surface area contributed by atoms with Gasteiger partial charge in [0.25, 0.3) is 0 Å². The number of aliphatic hydroxyl groups excluding tert-OH is 4. The first kappa shape index (κ1) is 25.6. The van der Waals surface area contributed by atoms with Gasteiger partial charge in [-0.15, -0.1) is 0 Å². The predicted octanol–water partition coefficient (Wildman–Crippen LogP) is -2.79. The summed E-state index contributed by atoms with van der Waals surface area (Å²) >= 11 is 0. The zero-order valence-corrected chi connectivity index (χ0v) is 17.9. The van der Waals surface area contributed by atoms with Crippen LogP contribution < -0.4 is 22.8 Å². The van der Waals surface area contributed by atoms with E-state index < -0.39 is 83.7 Å². The third kappa shape index (κ3) is 4.77. The number of hydrogen-bond donors (Lipinski definition) is 6. The molecule has 14 nitrogen and oxygen atoms in total. The summed E-state index contributed by atoms with van der Waals surface area (Å²) in [5, 5.41) is 38.3. The van der Waals surface area contributed by atoms with E-state index in [9.17, 15) is 38.8 Å². The number of hydrogen-bond acceptors (Lipinski definition) is 12. The van der Waals surface area contributed by atoms with Gasteiger partial charge in [0.2, 0.25) is 0 Å². The summed E-state index contributed by atoms with van der Waals surface area (Å²) in [5.41, 5.74) is 8.55. The lowest BCUT2D eigenvalue weighted by atomic mass is 10.1. The van der Waals surface area contributed by atoms with Gasteiger partial charge in [0.05, 0.1) is 24.6 Å². The molecule has 34 heavy (non-hydrogen) atoms. The molecule has 0 saturated carbocycles. The number of halogens is 2. The highest BCUT2D eigenvalue weighted by Crippen LogP contribution is 2.29. The SMILES string of the molecule is C[C@H]1O[C@@H](n2cc(F)c(N)nc2=O)[C@H](O)[C@@H]1O.C[C@H]1O[C@@H](n2cc(F)c(N)nc2=O)[C@H](O)[C@@H]1O. The van der Waals surface area contributed by atoms with Crippen LogP contribution in [0.5, 0.6) is 0 Å². The Labute approximate surface area is 189 Å². The Morgan fingerprint density at radius 2 is 1.09 bits per heavy atom. The van der Waals surface area contributed by atoms with E-state index in [4.69, 9.17) is 20.9 Å². The van der Waals surface area contributed by atoms with Gasteiger partial charge in [-0.2, -0.15) is 9.97 Å². The normalized spacial score (nSPS) is 32.9. The van der Waals surface area contributed by atoms with Crippen molar-refractivity contribution in [1.82, 2.24) is 19.1 Å². The molecule has 4 heterocycles. The zero-order valence-electron chi connectivity index (χ0n) is 17.9. The van der Waals surface area contributed by atoms with Gasteiger partial charge in [0, 0.05) is 0 Å². The minimum Gasteiger partial charge on any atom is -0.388 e. The predicted molar refractivity (Wildman–Crippen MR) is 109 cm³/mol. The Bertz CT molecular complexity index is 1070. The van der Waals surface area contributed by atoms with Gasteiger partial charge in [-0.05, 0) is 13.8 Å². The molecule has 2 aromatic heterocycles. The van der Waals surface area contributed by atoms with Crippen molar-refractivity contribution in [3.8, 4) is 0 Å². The molecule has 0 radical (unpaired) electrons. The summed E-state index contributed by atoms with van der Waals surface area (Å²) in [6.45, 7) is 3.06. The third-order valence-electron chi connectivity index (χ3n) is 5.37. The number of nitrogens with zero attached hydrogens (tertiary/aromatic N) is 4. The Morgan fingerprint density at radius 1 is 0.765 bits per heavy atom. The molecule has 0 aromatic carbocycles. The van der Waals surface area contributed by atoms with E-state index >= 15 is 0 Å². The fraction of sp³-hybridized carbons (Fsp3) is 0.556. The van der Waals surface area contributed by atoms with Crippen LogP contribution in [0.25, 0.3) is 0 Å². The van der Waals surface area contributed by atoms with Gasteiger partial charge < -0.3 is 41.4 Å². The van der Waals surface area contributed by atoms with Crippen LogP contribution in [0.3, 0.4) is 0 Å². The number of nitrogen functional groups attached to an aromatic ring is 2. The molecule has 4 rings (SSSR count). The Morgan fingerprint density at radius 3 is 1.35 bits per heavy atom. The number of rotatable bonds is 2. The van der Waals surface area contributed by atoms with E-state index in [1.807, 2.05) is 0 Å². The summed E-state index contributed by atoms with van der Waals surface area (Å²) in [6.07, 6.45) is -7.03. The summed E-state index contributed by atoms with van der Waals surface area (Å²) in [5.74, 6) is -2.83. The van der Waals surface area contributed by atoms with Crippen LogP contribution in [0, 0.1) is 11.6 Å². The first-order valence-corrected chi connectivity index (χ1v) is 9.95. The molecule has 0 spiro atoms. The van der Waals surface area contributed by atoms with E-state index in [0.717, 1.165) is 21.5 Å². The van der Waals surface area contributed by atoms with Gasteiger partial charge >= 0.3 is 11.4 Å². The van der Waals surface area contributed by atoms with Crippen LogP contribution in [0.15, 0.2) is 22.0 Å². The minimum atomic E-state index is -1.33. The smallest absolute Gasteiger partial charge is 0.351 e. The molecule has 8 N–H and O–H groups in total. The highest BCUT2D eigenvalue weighted by Gasteiger charge is 2.43. The molecular formula is C18H24F2N6O8. The van der Waals surface area contributed by atoms with E-state index in [0.29, 0.717) is 0 Å². The van der Waals surface area contributed by atoms with Crippen LogP contribution in [-0.4, -0.2) is 76.2 Å². The highest BCUT2D eigenvalue weighted by atomic mass is 19.1. The third-order valence-corrected chi connectivity index (χ3v) is 5.37. The zero-order chi connectivity index (χ0) is 25.5. The number of aliphatic hydroxyl groups is 4. The lowest BCUT2D eigenvalue weighted by molar-refractivity contribution is -0.0355. The van der Waals surface area contributed by atoms with Crippen molar-refractivity contribution in [2.75, 3.05) is 11.5 Å². The molecule has 0 unspecified atom stereocenters. The van der Waals surface area contributed by atoms with Crippen LogP contribution in [0.1, 0.15) is 26.3 Å². The molecule has 0 aliphatic carbocycles. The van der Waals surface area contributed by atoms with Crippen molar-refractivity contribution in [2.24, 2.45) is 0 Å².